The number of rotatable bonds is 1. The maximum absolute atomic E-state index is 13.5. The molecule has 88 valence electrons. The third-order valence-electron chi connectivity index (χ3n) is 3.26. The summed E-state index contributed by atoms with van der Waals surface area (Å²) in [7, 11) is 0. The number of benzene rings is 1. The van der Waals surface area contributed by atoms with Gasteiger partial charge in [-0.25, -0.2) is 13.2 Å². The summed E-state index contributed by atoms with van der Waals surface area (Å²) in [6.45, 7) is 0. The molecule has 0 amide bonds. The van der Waals surface area contributed by atoms with Crippen molar-refractivity contribution in [2.45, 2.75) is 37.6 Å². The predicted octanol–water partition coefficient (Wildman–Crippen LogP) is 3.09. The average molecular weight is 229 g/mol. The van der Waals surface area contributed by atoms with Crippen LogP contribution in [-0.2, 0) is 0 Å². The van der Waals surface area contributed by atoms with Crippen molar-refractivity contribution in [3.05, 3.63) is 35.1 Å². The Balaban J connectivity index is 2.35. The third-order valence-corrected chi connectivity index (χ3v) is 3.26. The zero-order chi connectivity index (χ0) is 11.7. The van der Waals surface area contributed by atoms with Crippen LogP contribution in [0, 0.1) is 17.5 Å². The molecule has 1 fully saturated rings. The van der Waals surface area contributed by atoms with E-state index >= 15 is 0 Å². The van der Waals surface area contributed by atoms with Crippen LogP contribution in [0.1, 0.15) is 37.2 Å². The fourth-order valence-electron chi connectivity index (χ4n) is 2.37. The van der Waals surface area contributed by atoms with Gasteiger partial charge in [0.15, 0.2) is 11.6 Å². The van der Waals surface area contributed by atoms with Crippen molar-refractivity contribution in [3.8, 4) is 0 Å². The van der Waals surface area contributed by atoms with Crippen molar-refractivity contribution in [2.24, 2.45) is 5.73 Å². The molecule has 1 aliphatic carbocycles. The van der Waals surface area contributed by atoms with Gasteiger partial charge in [-0.05, 0) is 24.5 Å². The quantitative estimate of drug-likeness (QED) is 0.736. The highest BCUT2D eigenvalue weighted by Crippen LogP contribution is 2.34. The molecule has 1 saturated carbocycles. The zero-order valence-corrected chi connectivity index (χ0v) is 8.85. The Morgan fingerprint density at radius 2 is 1.56 bits per heavy atom. The largest absolute Gasteiger partial charge is 0.327 e. The number of nitrogens with two attached hydrogens (primary N) is 1. The minimum atomic E-state index is -1.15. The Bertz CT molecular complexity index is 392. The second kappa shape index (κ2) is 4.45. The molecule has 1 aromatic rings. The molecule has 2 atom stereocenters. The summed E-state index contributed by atoms with van der Waals surface area (Å²) in [5.74, 6) is -3.04. The first-order valence-electron chi connectivity index (χ1n) is 5.49. The Morgan fingerprint density at radius 1 is 0.938 bits per heavy atom. The van der Waals surface area contributed by atoms with Gasteiger partial charge in [-0.2, -0.15) is 0 Å². The van der Waals surface area contributed by atoms with Gasteiger partial charge in [-0.15, -0.1) is 0 Å². The first kappa shape index (κ1) is 11.5. The van der Waals surface area contributed by atoms with Crippen molar-refractivity contribution in [3.63, 3.8) is 0 Å². The summed E-state index contributed by atoms with van der Waals surface area (Å²) in [5, 5.41) is 0. The van der Waals surface area contributed by atoms with Gasteiger partial charge in [-0.1, -0.05) is 12.8 Å². The standard InChI is InChI=1S/C12H14F3N/c13-9-6-11(15)10(14)5-8(9)7-3-1-2-4-12(7)16/h5-7,12H,1-4,16H2/t7?,12-/m0/s1. The molecule has 0 bridgehead atoms. The fourth-order valence-corrected chi connectivity index (χ4v) is 2.37. The topological polar surface area (TPSA) is 26.0 Å². The SMILES string of the molecule is N[C@H]1CCCCC1c1cc(F)c(F)cc1F. The average Bonchev–Trinajstić information content (AvgIpc) is 2.25. The van der Waals surface area contributed by atoms with Crippen LogP contribution in [0.4, 0.5) is 13.2 Å². The normalized spacial score (nSPS) is 25.8. The summed E-state index contributed by atoms with van der Waals surface area (Å²) in [6.07, 6.45) is 3.52. The lowest BCUT2D eigenvalue weighted by atomic mass is 9.80. The molecule has 0 aliphatic heterocycles. The molecule has 1 nitrogen and oxygen atoms in total. The van der Waals surface area contributed by atoms with Gasteiger partial charge in [0.25, 0.3) is 0 Å². The Hall–Kier alpha value is -1.03. The van der Waals surface area contributed by atoms with Crippen LogP contribution < -0.4 is 5.73 Å². The van der Waals surface area contributed by atoms with E-state index in [1.165, 1.54) is 0 Å². The highest BCUT2D eigenvalue weighted by molar-refractivity contribution is 5.25. The summed E-state index contributed by atoms with van der Waals surface area (Å²) in [5.41, 5.74) is 6.10. The zero-order valence-electron chi connectivity index (χ0n) is 8.85. The lowest BCUT2D eigenvalue weighted by molar-refractivity contribution is 0.372. The van der Waals surface area contributed by atoms with E-state index in [1.807, 2.05) is 0 Å². The maximum atomic E-state index is 13.5. The minimum absolute atomic E-state index is 0.159. The van der Waals surface area contributed by atoms with Gasteiger partial charge < -0.3 is 5.73 Å². The van der Waals surface area contributed by atoms with E-state index in [4.69, 9.17) is 5.73 Å². The first-order valence-corrected chi connectivity index (χ1v) is 5.49. The smallest absolute Gasteiger partial charge is 0.161 e. The number of halogens is 3. The van der Waals surface area contributed by atoms with Crippen LogP contribution in [0.25, 0.3) is 0 Å². The van der Waals surface area contributed by atoms with Crippen molar-refractivity contribution < 1.29 is 13.2 Å². The maximum Gasteiger partial charge on any atom is 0.161 e. The van der Waals surface area contributed by atoms with Crippen LogP contribution >= 0.6 is 0 Å². The van der Waals surface area contributed by atoms with Crippen LogP contribution in [0.5, 0.6) is 0 Å². The summed E-state index contributed by atoms with van der Waals surface area (Å²) >= 11 is 0. The Morgan fingerprint density at radius 3 is 2.25 bits per heavy atom. The molecule has 1 aromatic carbocycles. The molecule has 2 rings (SSSR count). The van der Waals surface area contributed by atoms with E-state index in [9.17, 15) is 13.2 Å². The first-order chi connectivity index (χ1) is 7.59. The Kier molecular flexibility index (Phi) is 3.19. The Labute approximate surface area is 92.5 Å². The second-order valence-electron chi connectivity index (χ2n) is 4.34. The molecule has 1 aliphatic rings. The molecule has 0 spiro atoms. The van der Waals surface area contributed by atoms with Crippen LogP contribution in [-0.4, -0.2) is 6.04 Å². The van der Waals surface area contributed by atoms with Crippen molar-refractivity contribution >= 4 is 0 Å². The second-order valence-corrected chi connectivity index (χ2v) is 4.34. The molecule has 4 heteroatoms. The van der Waals surface area contributed by atoms with Crippen molar-refractivity contribution in [1.82, 2.24) is 0 Å². The van der Waals surface area contributed by atoms with E-state index in [1.54, 1.807) is 0 Å². The molecule has 16 heavy (non-hydrogen) atoms. The van der Waals surface area contributed by atoms with E-state index in [-0.39, 0.29) is 17.5 Å². The van der Waals surface area contributed by atoms with Gasteiger partial charge in [0.1, 0.15) is 5.82 Å². The highest BCUT2D eigenvalue weighted by atomic mass is 19.2. The van der Waals surface area contributed by atoms with Crippen molar-refractivity contribution in [1.29, 1.82) is 0 Å². The van der Waals surface area contributed by atoms with E-state index in [0.717, 1.165) is 31.7 Å². The van der Waals surface area contributed by atoms with Gasteiger partial charge in [0.05, 0.1) is 0 Å². The molecule has 0 aromatic heterocycles. The summed E-state index contributed by atoms with van der Waals surface area (Å²) in [4.78, 5) is 0. The molecule has 0 saturated heterocycles. The molecular weight excluding hydrogens is 215 g/mol. The predicted molar refractivity (Wildman–Crippen MR) is 55.5 cm³/mol. The van der Waals surface area contributed by atoms with Gasteiger partial charge in [0.2, 0.25) is 0 Å². The molecule has 0 heterocycles. The van der Waals surface area contributed by atoms with Gasteiger partial charge >= 0.3 is 0 Å². The van der Waals surface area contributed by atoms with Gasteiger partial charge in [0, 0.05) is 18.0 Å². The minimum Gasteiger partial charge on any atom is -0.327 e. The molecule has 1 unspecified atom stereocenters. The van der Waals surface area contributed by atoms with E-state index in [2.05, 4.69) is 0 Å². The number of hydrogen-bond acceptors (Lipinski definition) is 1. The third kappa shape index (κ3) is 2.07. The number of hydrogen-bond donors (Lipinski definition) is 1. The monoisotopic (exact) mass is 229 g/mol. The van der Waals surface area contributed by atoms with Crippen molar-refractivity contribution in [2.75, 3.05) is 0 Å². The highest BCUT2D eigenvalue weighted by Gasteiger charge is 2.26. The molecule has 2 N–H and O–H groups in total. The van der Waals surface area contributed by atoms with Crippen LogP contribution in [0.3, 0.4) is 0 Å². The fraction of sp³-hybridized carbons (Fsp3) is 0.500. The summed E-state index contributed by atoms with van der Waals surface area (Å²) < 4.78 is 39.4. The van der Waals surface area contributed by atoms with E-state index in [0.29, 0.717) is 6.07 Å². The lowest BCUT2D eigenvalue weighted by Crippen LogP contribution is -2.32. The van der Waals surface area contributed by atoms with E-state index < -0.39 is 17.5 Å². The van der Waals surface area contributed by atoms with Crippen LogP contribution in [0.15, 0.2) is 12.1 Å². The molecule has 0 radical (unpaired) electrons. The summed E-state index contributed by atoms with van der Waals surface area (Å²) in [6, 6.07) is 1.39. The molecular formula is C12H14F3N. The van der Waals surface area contributed by atoms with Gasteiger partial charge in [-0.3, -0.25) is 0 Å². The van der Waals surface area contributed by atoms with Crippen LogP contribution in [0.2, 0.25) is 0 Å². The lowest BCUT2D eigenvalue weighted by Gasteiger charge is -2.29.